The molecule has 2 rings (SSSR count). The van der Waals surface area contributed by atoms with E-state index in [1.165, 1.54) is 12.8 Å². The van der Waals surface area contributed by atoms with Gasteiger partial charge < -0.3 is 30.5 Å². The van der Waals surface area contributed by atoms with Crippen LogP contribution in [0.3, 0.4) is 0 Å². The van der Waals surface area contributed by atoms with Gasteiger partial charge >= 0.3 is 6.03 Å². The number of ether oxygens (including phenoxy) is 2. The van der Waals surface area contributed by atoms with Crippen LogP contribution in [0, 0.1) is 0 Å². The molecule has 1 aromatic rings. The molecule has 8 heteroatoms. The van der Waals surface area contributed by atoms with E-state index in [-0.39, 0.29) is 12.5 Å². The Morgan fingerprint density at radius 2 is 2.04 bits per heavy atom. The van der Waals surface area contributed by atoms with E-state index >= 15 is 0 Å². The van der Waals surface area contributed by atoms with Gasteiger partial charge in [0.2, 0.25) is 0 Å². The zero-order valence-corrected chi connectivity index (χ0v) is 15.4. The second-order valence-corrected chi connectivity index (χ2v) is 5.77. The number of benzene rings is 1. The molecule has 0 radical (unpaired) electrons. The van der Waals surface area contributed by atoms with E-state index in [0.717, 1.165) is 24.3 Å². The summed E-state index contributed by atoms with van der Waals surface area (Å²) in [6.07, 6.45) is 4.12. The highest BCUT2D eigenvalue weighted by Gasteiger charge is 2.13. The second-order valence-electron chi connectivity index (χ2n) is 5.77. The van der Waals surface area contributed by atoms with Crippen LogP contribution in [0.15, 0.2) is 18.2 Å². The van der Waals surface area contributed by atoms with E-state index in [2.05, 4.69) is 16.0 Å². The van der Waals surface area contributed by atoms with Gasteiger partial charge in [0.25, 0.3) is 6.47 Å². The Hall–Kier alpha value is -2.48. The second kappa shape index (κ2) is 12.8. The number of amides is 2. The summed E-state index contributed by atoms with van der Waals surface area (Å²) >= 11 is 0. The molecule has 0 bridgehead atoms. The molecule has 0 unspecified atom stereocenters. The lowest BCUT2D eigenvalue weighted by Gasteiger charge is -2.13. The molecule has 0 aliphatic carbocycles. The molecule has 1 aliphatic rings. The van der Waals surface area contributed by atoms with Crippen LogP contribution in [0.2, 0.25) is 0 Å². The van der Waals surface area contributed by atoms with Gasteiger partial charge in [0.15, 0.2) is 11.5 Å². The van der Waals surface area contributed by atoms with Gasteiger partial charge in [0.05, 0.1) is 14.2 Å². The molecule has 8 nitrogen and oxygen atoms in total. The number of para-hydroxylation sites is 1. The Labute approximate surface area is 154 Å². The maximum atomic E-state index is 11.8. The van der Waals surface area contributed by atoms with Gasteiger partial charge in [0.1, 0.15) is 0 Å². The van der Waals surface area contributed by atoms with Crippen molar-refractivity contribution in [3.05, 3.63) is 23.8 Å². The SMILES string of the molecule is COc1cccc(CCNC(=O)NCC[C@H]2CCCN2)c1OC.O=CO. The van der Waals surface area contributed by atoms with Crippen molar-refractivity contribution in [2.45, 2.75) is 31.7 Å². The average molecular weight is 367 g/mol. The first-order chi connectivity index (χ1) is 12.7. The van der Waals surface area contributed by atoms with Gasteiger partial charge in [-0.1, -0.05) is 12.1 Å². The third kappa shape index (κ3) is 7.60. The van der Waals surface area contributed by atoms with Gasteiger partial charge in [0, 0.05) is 19.1 Å². The maximum Gasteiger partial charge on any atom is 0.314 e. The number of urea groups is 1. The van der Waals surface area contributed by atoms with Crippen molar-refractivity contribution >= 4 is 12.5 Å². The van der Waals surface area contributed by atoms with E-state index in [9.17, 15) is 4.79 Å². The lowest BCUT2D eigenvalue weighted by atomic mass is 10.1. The Morgan fingerprint density at radius 3 is 2.65 bits per heavy atom. The number of carbonyl (C=O) groups excluding carboxylic acids is 1. The first-order valence-electron chi connectivity index (χ1n) is 8.69. The minimum atomic E-state index is -0.250. The van der Waals surface area contributed by atoms with Crippen molar-refractivity contribution in [1.29, 1.82) is 0 Å². The van der Waals surface area contributed by atoms with E-state index in [1.54, 1.807) is 14.2 Å². The summed E-state index contributed by atoms with van der Waals surface area (Å²) in [5.41, 5.74) is 1.02. The molecule has 1 aromatic carbocycles. The van der Waals surface area contributed by atoms with Crippen LogP contribution in [0.5, 0.6) is 11.5 Å². The van der Waals surface area contributed by atoms with Gasteiger partial charge in [-0.25, -0.2) is 4.79 Å². The van der Waals surface area contributed by atoms with E-state index in [4.69, 9.17) is 19.4 Å². The molecule has 4 N–H and O–H groups in total. The van der Waals surface area contributed by atoms with Crippen LogP contribution in [-0.2, 0) is 11.2 Å². The van der Waals surface area contributed by atoms with Crippen molar-refractivity contribution in [1.82, 2.24) is 16.0 Å². The van der Waals surface area contributed by atoms with Crippen molar-refractivity contribution in [2.24, 2.45) is 0 Å². The van der Waals surface area contributed by atoms with Crippen LogP contribution in [-0.4, -0.2) is 57.5 Å². The molecular weight excluding hydrogens is 338 g/mol. The van der Waals surface area contributed by atoms with Crippen molar-refractivity contribution in [2.75, 3.05) is 33.9 Å². The predicted molar refractivity (Wildman–Crippen MR) is 99.0 cm³/mol. The highest BCUT2D eigenvalue weighted by Crippen LogP contribution is 2.30. The maximum absolute atomic E-state index is 11.8. The van der Waals surface area contributed by atoms with Gasteiger partial charge in [-0.3, -0.25) is 4.79 Å². The zero-order valence-electron chi connectivity index (χ0n) is 15.4. The molecule has 1 saturated heterocycles. The fourth-order valence-corrected chi connectivity index (χ4v) is 2.89. The molecule has 0 spiro atoms. The standard InChI is InChI=1S/C17H27N3O3.CH2O2/c1-22-15-7-3-5-13(16(15)23-2)8-11-19-17(21)20-12-9-14-6-4-10-18-14;2-1-3/h3,5,7,14,18H,4,6,8-12H2,1-2H3,(H2,19,20,21);1H,(H,2,3)/t14-;/m1./s1. The Morgan fingerprint density at radius 1 is 1.31 bits per heavy atom. The Bertz CT molecular complexity index is 548. The van der Waals surface area contributed by atoms with Crippen LogP contribution in [0.4, 0.5) is 4.79 Å². The van der Waals surface area contributed by atoms with Gasteiger partial charge in [-0.05, 0) is 43.9 Å². The van der Waals surface area contributed by atoms with E-state index in [0.29, 0.717) is 31.3 Å². The van der Waals surface area contributed by atoms with Crippen LogP contribution in [0.25, 0.3) is 0 Å². The number of nitrogens with one attached hydrogen (secondary N) is 3. The first kappa shape index (κ1) is 21.6. The number of hydrogen-bond donors (Lipinski definition) is 4. The van der Waals surface area contributed by atoms with Crippen molar-refractivity contribution < 1.29 is 24.2 Å². The highest BCUT2D eigenvalue weighted by atomic mass is 16.5. The number of carbonyl (C=O) groups is 2. The number of methoxy groups -OCH3 is 2. The molecule has 0 aromatic heterocycles. The lowest BCUT2D eigenvalue weighted by Crippen LogP contribution is -2.38. The smallest absolute Gasteiger partial charge is 0.314 e. The van der Waals surface area contributed by atoms with E-state index in [1.807, 2.05) is 18.2 Å². The minimum Gasteiger partial charge on any atom is -0.493 e. The summed E-state index contributed by atoms with van der Waals surface area (Å²) < 4.78 is 10.7. The average Bonchev–Trinajstić information content (AvgIpc) is 3.15. The molecule has 1 fully saturated rings. The summed E-state index contributed by atoms with van der Waals surface area (Å²) in [5, 5.41) is 16.1. The van der Waals surface area contributed by atoms with Crippen LogP contribution in [0.1, 0.15) is 24.8 Å². The molecule has 146 valence electrons. The molecule has 26 heavy (non-hydrogen) atoms. The molecule has 1 aliphatic heterocycles. The molecule has 0 saturated carbocycles. The predicted octanol–water partition coefficient (Wildman–Crippen LogP) is 1.39. The van der Waals surface area contributed by atoms with E-state index < -0.39 is 0 Å². The summed E-state index contributed by atoms with van der Waals surface area (Å²) in [6.45, 7) is 2.10. The fraction of sp³-hybridized carbons (Fsp3) is 0.556. The van der Waals surface area contributed by atoms with Crippen molar-refractivity contribution in [3.8, 4) is 11.5 Å². The van der Waals surface area contributed by atoms with Crippen molar-refractivity contribution in [3.63, 3.8) is 0 Å². The first-order valence-corrected chi connectivity index (χ1v) is 8.69. The third-order valence-corrected chi connectivity index (χ3v) is 4.11. The van der Waals surface area contributed by atoms with Crippen LogP contribution < -0.4 is 25.4 Å². The normalized spacial score (nSPS) is 15.4. The number of carboxylic acid groups (broad SMARTS) is 1. The molecular formula is C18H29N3O5. The third-order valence-electron chi connectivity index (χ3n) is 4.11. The highest BCUT2D eigenvalue weighted by molar-refractivity contribution is 5.73. The van der Waals surface area contributed by atoms with Gasteiger partial charge in [-0.15, -0.1) is 0 Å². The van der Waals surface area contributed by atoms with Crippen LogP contribution >= 0.6 is 0 Å². The fourth-order valence-electron chi connectivity index (χ4n) is 2.89. The molecule has 1 atom stereocenters. The van der Waals surface area contributed by atoms with Gasteiger partial charge in [-0.2, -0.15) is 0 Å². The Kier molecular flexibility index (Phi) is 10.6. The summed E-state index contributed by atoms with van der Waals surface area (Å²) in [5.74, 6) is 1.43. The molecule has 1 heterocycles. The lowest BCUT2D eigenvalue weighted by molar-refractivity contribution is -0.122. The number of hydrogen-bond acceptors (Lipinski definition) is 5. The quantitative estimate of drug-likeness (QED) is 0.517. The Balaban J connectivity index is 0.00000105. The summed E-state index contributed by atoms with van der Waals surface area (Å²) in [7, 11) is 3.24. The minimum absolute atomic E-state index is 0.121. The topological polar surface area (TPSA) is 109 Å². The summed E-state index contributed by atoms with van der Waals surface area (Å²) in [6, 6.07) is 6.19. The zero-order chi connectivity index (χ0) is 19.2. The molecule has 2 amide bonds. The number of rotatable bonds is 8. The monoisotopic (exact) mass is 367 g/mol. The largest absolute Gasteiger partial charge is 0.493 e. The summed E-state index contributed by atoms with van der Waals surface area (Å²) in [4.78, 5) is 20.1.